The van der Waals surface area contributed by atoms with E-state index >= 15 is 0 Å². The third-order valence-corrected chi connectivity index (χ3v) is 7.43. The maximum Gasteiger partial charge on any atom is 0.280 e. The Bertz CT molecular complexity index is 1140. The van der Waals surface area contributed by atoms with Crippen molar-refractivity contribution in [1.29, 1.82) is 0 Å². The van der Waals surface area contributed by atoms with Crippen molar-refractivity contribution in [3.8, 4) is 10.4 Å². The van der Waals surface area contributed by atoms with Gasteiger partial charge in [-0.2, -0.15) is 0 Å². The highest BCUT2D eigenvalue weighted by molar-refractivity contribution is 7.17. The second-order valence-corrected chi connectivity index (χ2v) is 10.3. The summed E-state index contributed by atoms with van der Waals surface area (Å²) in [5, 5.41) is 5.67. The minimum atomic E-state index is -3.07. The second kappa shape index (κ2) is 11.3. The van der Waals surface area contributed by atoms with Gasteiger partial charge in [-0.25, -0.2) is 27.5 Å². The number of nitrogens with zero attached hydrogens (tertiary/aromatic N) is 3. The van der Waals surface area contributed by atoms with E-state index in [1.807, 2.05) is 6.92 Å². The summed E-state index contributed by atoms with van der Waals surface area (Å²) in [6.45, 7) is 4.09. The molecule has 0 aromatic carbocycles. The zero-order valence-corrected chi connectivity index (χ0v) is 21.3. The molecular weight excluding hydrogens is 514 g/mol. The maximum atomic E-state index is 14.1. The second-order valence-electron chi connectivity index (χ2n) is 9.28. The van der Waals surface area contributed by atoms with Crippen LogP contribution in [0.15, 0.2) is 12.3 Å². The van der Waals surface area contributed by atoms with Gasteiger partial charge in [0.15, 0.2) is 5.01 Å². The van der Waals surface area contributed by atoms with E-state index in [1.165, 1.54) is 19.2 Å². The Kier molecular flexibility index (Phi) is 8.32. The number of ether oxygens (including phenoxy) is 1. The fourth-order valence-corrected chi connectivity index (χ4v) is 5.44. The van der Waals surface area contributed by atoms with Crippen molar-refractivity contribution in [1.82, 2.24) is 20.2 Å². The van der Waals surface area contributed by atoms with Crippen LogP contribution in [-0.4, -0.2) is 71.0 Å². The number of amides is 2. The standard InChI is InChI=1S/C24H29F4N5O3S/c1-3-6-29-17-9-15(20(25)26)16(11-30-17)19-18(23(35)33-12-24(27,28)10-13(33)2)32-22(37-19)21(34)31-14-4-7-36-8-5-14/h9,11,13-14,20H,3-8,10,12H2,1-2H3,(H,29,30)(H,31,34). The molecule has 2 aliphatic rings. The molecule has 0 bridgehead atoms. The molecule has 0 saturated carbocycles. The van der Waals surface area contributed by atoms with E-state index in [4.69, 9.17) is 4.74 Å². The Hall–Kier alpha value is -2.80. The van der Waals surface area contributed by atoms with Crippen molar-refractivity contribution >= 4 is 29.0 Å². The molecule has 0 aliphatic carbocycles. The number of alkyl halides is 4. The highest BCUT2D eigenvalue weighted by atomic mass is 32.1. The number of aromatic nitrogens is 2. The van der Waals surface area contributed by atoms with E-state index in [2.05, 4.69) is 20.6 Å². The molecule has 1 unspecified atom stereocenters. The summed E-state index contributed by atoms with van der Waals surface area (Å²) in [6.07, 6.45) is -0.280. The van der Waals surface area contributed by atoms with Gasteiger partial charge >= 0.3 is 0 Å². The average Bonchev–Trinajstić information content (AvgIpc) is 3.43. The molecule has 2 amide bonds. The zero-order valence-electron chi connectivity index (χ0n) is 20.5. The first-order valence-electron chi connectivity index (χ1n) is 12.2. The summed E-state index contributed by atoms with van der Waals surface area (Å²) in [4.78, 5) is 35.8. The van der Waals surface area contributed by atoms with Gasteiger partial charge in [0.25, 0.3) is 24.2 Å². The van der Waals surface area contributed by atoms with Gasteiger partial charge in [-0.15, -0.1) is 11.3 Å². The lowest BCUT2D eigenvalue weighted by Crippen LogP contribution is -2.39. The molecule has 0 radical (unpaired) electrons. The Morgan fingerprint density at radius 1 is 1.30 bits per heavy atom. The van der Waals surface area contributed by atoms with E-state index in [1.54, 1.807) is 0 Å². The molecule has 2 saturated heterocycles. The van der Waals surface area contributed by atoms with Crippen molar-refractivity contribution in [3.05, 3.63) is 28.5 Å². The van der Waals surface area contributed by atoms with Gasteiger partial charge in [0.1, 0.15) is 11.5 Å². The lowest BCUT2D eigenvalue weighted by molar-refractivity contribution is 0.0118. The SMILES string of the molecule is CCCNc1cc(C(F)F)c(-c2sc(C(=O)NC3CCOCC3)nc2C(=O)N2CC(F)(F)CC2C)cn1. The molecule has 1 atom stereocenters. The van der Waals surface area contributed by atoms with Crippen LogP contribution in [0.25, 0.3) is 10.4 Å². The Morgan fingerprint density at radius 2 is 2.03 bits per heavy atom. The van der Waals surface area contributed by atoms with Gasteiger partial charge in [0.2, 0.25) is 0 Å². The summed E-state index contributed by atoms with van der Waals surface area (Å²) in [6, 6.07) is 0.245. The lowest BCUT2D eigenvalue weighted by Gasteiger charge is -2.22. The average molecular weight is 544 g/mol. The molecule has 37 heavy (non-hydrogen) atoms. The summed E-state index contributed by atoms with van der Waals surface area (Å²) in [5.74, 6) is -4.24. The fourth-order valence-electron chi connectivity index (χ4n) is 4.44. The van der Waals surface area contributed by atoms with Gasteiger partial charge < -0.3 is 20.3 Å². The molecule has 0 spiro atoms. The first kappa shape index (κ1) is 27.2. The predicted molar refractivity (Wildman–Crippen MR) is 130 cm³/mol. The molecule has 13 heteroatoms. The molecule has 2 fully saturated rings. The number of hydrogen-bond donors (Lipinski definition) is 2. The number of hydrogen-bond acceptors (Lipinski definition) is 7. The monoisotopic (exact) mass is 543 g/mol. The summed E-state index contributed by atoms with van der Waals surface area (Å²) in [7, 11) is 0. The highest BCUT2D eigenvalue weighted by Crippen LogP contribution is 2.40. The molecule has 202 valence electrons. The number of rotatable bonds is 8. The third-order valence-electron chi connectivity index (χ3n) is 6.34. The molecule has 4 heterocycles. The van der Waals surface area contributed by atoms with Crippen LogP contribution in [0.5, 0.6) is 0 Å². The van der Waals surface area contributed by atoms with Crippen LogP contribution in [-0.2, 0) is 4.74 Å². The van der Waals surface area contributed by atoms with Gasteiger partial charge in [0.05, 0.1) is 11.4 Å². The topological polar surface area (TPSA) is 96.4 Å². The van der Waals surface area contributed by atoms with Crippen molar-refractivity contribution in [3.63, 3.8) is 0 Å². The molecule has 2 aromatic rings. The third kappa shape index (κ3) is 6.20. The van der Waals surface area contributed by atoms with Crippen molar-refractivity contribution in [2.24, 2.45) is 0 Å². The van der Waals surface area contributed by atoms with Crippen LogP contribution in [0.2, 0.25) is 0 Å². The van der Waals surface area contributed by atoms with Crippen LogP contribution < -0.4 is 10.6 Å². The number of thiazole rings is 1. The Balaban J connectivity index is 1.74. The number of anilines is 1. The Morgan fingerprint density at radius 3 is 2.65 bits per heavy atom. The van der Waals surface area contributed by atoms with Gasteiger partial charge in [0, 0.05) is 55.6 Å². The maximum absolute atomic E-state index is 14.1. The lowest BCUT2D eigenvalue weighted by atomic mass is 10.1. The summed E-state index contributed by atoms with van der Waals surface area (Å²) < 4.78 is 61.7. The smallest absolute Gasteiger partial charge is 0.280 e. The largest absolute Gasteiger partial charge is 0.381 e. The number of carbonyl (C=O) groups is 2. The number of halogens is 4. The van der Waals surface area contributed by atoms with Gasteiger partial charge in [-0.1, -0.05) is 6.92 Å². The number of carbonyl (C=O) groups excluding carboxylic acids is 2. The number of nitrogens with one attached hydrogen (secondary N) is 2. The quantitative estimate of drug-likeness (QED) is 0.467. The minimum absolute atomic E-state index is 0.00520. The van der Waals surface area contributed by atoms with E-state index < -0.39 is 48.7 Å². The van der Waals surface area contributed by atoms with E-state index in [0.29, 0.717) is 32.6 Å². The van der Waals surface area contributed by atoms with E-state index in [9.17, 15) is 27.2 Å². The normalized spacial score (nSPS) is 19.9. The summed E-state index contributed by atoms with van der Waals surface area (Å²) >= 11 is 0.770. The highest BCUT2D eigenvalue weighted by Gasteiger charge is 2.46. The summed E-state index contributed by atoms with van der Waals surface area (Å²) in [5.41, 5.74) is -0.784. The van der Waals surface area contributed by atoms with Crippen molar-refractivity contribution in [2.75, 3.05) is 31.6 Å². The zero-order chi connectivity index (χ0) is 26.7. The Labute approximate surface area is 215 Å². The van der Waals surface area contributed by atoms with Crippen LogP contribution in [0.4, 0.5) is 23.4 Å². The molecular formula is C24H29F4N5O3S. The van der Waals surface area contributed by atoms with E-state index in [0.717, 1.165) is 22.7 Å². The molecule has 4 rings (SSSR count). The fraction of sp³-hybridized carbons (Fsp3) is 0.583. The predicted octanol–water partition coefficient (Wildman–Crippen LogP) is 4.74. The van der Waals surface area contributed by atoms with Crippen LogP contribution in [0.1, 0.15) is 71.8 Å². The van der Waals surface area contributed by atoms with Crippen LogP contribution in [0, 0.1) is 0 Å². The van der Waals surface area contributed by atoms with Crippen LogP contribution >= 0.6 is 11.3 Å². The van der Waals surface area contributed by atoms with Crippen LogP contribution in [0.3, 0.4) is 0 Å². The van der Waals surface area contributed by atoms with Gasteiger partial charge in [-0.05, 0) is 32.3 Å². The van der Waals surface area contributed by atoms with Gasteiger partial charge in [-0.3, -0.25) is 9.59 Å². The van der Waals surface area contributed by atoms with Crippen molar-refractivity contribution in [2.45, 2.75) is 64.0 Å². The first-order chi connectivity index (χ1) is 17.6. The number of pyridine rings is 1. The minimum Gasteiger partial charge on any atom is -0.381 e. The van der Waals surface area contributed by atoms with Crippen molar-refractivity contribution < 1.29 is 31.9 Å². The van der Waals surface area contributed by atoms with E-state index in [-0.39, 0.29) is 33.0 Å². The number of likely N-dealkylation sites (tertiary alicyclic amines) is 1. The molecule has 2 aliphatic heterocycles. The molecule has 8 nitrogen and oxygen atoms in total. The molecule has 2 aromatic heterocycles. The first-order valence-corrected chi connectivity index (χ1v) is 13.0. The molecule has 2 N–H and O–H groups in total.